The van der Waals surface area contributed by atoms with Crippen molar-refractivity contribution in [3.05, 3.63) is 34.3 Å². The summed E-state index contributed by atoms with van der Waals surface area (Å²) in [7, 11) is 3.65. The Morgan fingerprint density at radius 2 is 2.25 bits per heavy atom. The van der Waals surface area contributed by atoms with Crippen LogP contribution in [-0.4, -0.2) is 23.8 Å². The molecule has 1 aromatic heterocycles. The normalized spacial score (nSPS) is 24.4. The van der Waals surface area contributed by atoms with E-state index in [1.54, 1.807) is 7.05 Å². The highest BCUT2D eigenvalue weighted by atomic mass is 16.5. The van der Waals surface area contributed by atoms with Gasteiger partial charge in [-0.3, -0.25) is 4.57 Å². The maximum Gasteiger partial charge on any atom is 0.419 e. The van der Waals surface area contributed by atoms with Crippen LogP contribution in [0.1, 0.15) is 31.4 Å². The van der Waals surface area contributed by atoms with Gasteiger partial charge in [0.15, 0.2) is 5.58 Å². The molecule has 2 aromatic rings. The Hall–Kier alpha value is -1.59. The molecular formula is C15H20N2O3. The van der Waals surface area contributed by atoms with E-state index in [-0.39, 0.29) is 17.4 Å². The molecule has 1 N–H and O–H groups in total. The van der Waals surface area contributed by atoms with Crippen LogP contribution in [0, 0.1) is 0 Å². The lowest BCUT2D eigenvalue weighted by atomic mass is 9.88. The van der Waals surface area contributed by atoms with Crippen LogP contribution in [0.2, 0.25) is 0 Å². The van der Waals surface area contributed by atoms with E-state index in [9.17, 15) is 4.79 Å². The lowest BCUT2D eigenvalue weighted by Gasteiger charge is -2.33. The Balaban J connectivity index is 2.06. The van der Waals surface area contributed by atoms with Gasteiger partial charge >= 0.3 is 5.76 Å². The number of likely N-dealkylation sites (N-methyl/N-ethyl adjacent to an activating group) is 1. The summed E-state index contributed by atoms with van der Waals surface area (Å²) in [5, 5.41) is 3.34. The maximum absolute atomic E-state index is 11.6. The van der Waals surface area contributed by atoms with Gasteiger partial charge in [0.2, 0.25) is 0 Å². The molecule has 0 saturated carbocycles. The van der Waals surface area contributed by atoms with Gasteiger partial charge in [0, 0.05) is 13.7 Å². The number of nitrogens with zero attached hydrogens (tertiary/aromatic N) is 1. The smallest absolute Gasteiger partial charge is 0.408 e. The number of aryl methyl sites for hydroxylation is 1. The second-order valence-corrected chi connectivity index (χ2v) is 5.64. The molecule has 0 radical (unpaired) electrons. The molecule has 1 saturated heterocycles. The van der Waals surface area contributed by atoms with E-state index >= 15 is 0 Å². The van der Waals surface area contributed by atoms with Gasteiger partial charge in [-0.2, -0.15) is 0 Å². The number of oxazole rings is 1. The van der Waals surface area contributed by atoms with Crippen LogP contribution in [0.5, 0.6) is 0 Å². The summed E-state index contributed by atoms with van der Waals surface area (Å²) in [6.07, 6.45) is 2.10. The van der Waals surface area contributed by atoms with Gasteiger partial charge in [-0.05, 0) is 44.5 Å². The number of fused-ring (bicyclic) bond motifs is 1. The van der Waals surface area contributed by atoms with Gasteiger partial charge in [-0.25, -0.2) is 4.79 Å². The van der Waals surface area contributed by atoms with Crippen molar-refractivity contribution in [3.63, 3.8) is 0 Å². The largest absolute Gasteiger partial charge is 0.419 e. The topological polar surface area (TPSA) is 56.4 Å². The molecule has 5 nitrogen and oxygen atoms in total. The van der Waals surface area contributed by atoms with Gasteiger partial charge in [0.25, 0.3) is 0 Å². The second-order valence-electron chi connectivity index (χ2n) is 5.64. The van der Waals surface area contributed by atoms with Crippen molar-refractivity contribution in [2.45, 2.75) is 31.4 Å². The first-order valence-electron chi connectivity index (χ1n) is 6.96. The summed E-state index contributed by atoms with van der Waals surface area (Å²) in [6, 6.07) is 5.98. The van der Waals surface area contributed by atoms with E-state index in [0.717, 1.165) is 30.5 Å². The standard InChI is InChI=1S/C15H20N2O3/c1-15(7-4-8-19-15)13(16-2)10-5-6-11-12(9-10)20-14(18)17(11)3/h5-6,9,13,16H,4,7-8H2,1-3H3. The second kappa shape index (κ2) is 4.75. The molecular weight excluding hydrogens is 256 g/mol. The zero-order valence-corrected chi connectivity index (χ0v) is 12.1. The van der Waals surface area contributed by atoms with Crippen LogP contribution in [-0.2, 0) is 11.8 Å². The van der Waals surface area contributed by atoms with Gasteiger partial charge in [-0.15, -0.1) is 0 Å². The molecule has 0 spiro atoms. The third-order valence-electron chi connectivity index (χ3n) is 4.30. The quantitative estimate of drug-likeness (QED) is 0.931. The number of rotatable bonds is 3. The van der Waals surface area contributed by atoms with Crippen molar-refractivity contribution in [1.29, 1.82) is 0 Å². The molecule has 0 amide bonds. The number of hydrogen-bond acceptors (Lipinski definition) is 4. The summed E-state index contributed by atoms with van der Waals surface area (Å²) >= 11 is 0. The summed E-state index contributed by atoms with van der Waals surface area (Å²) in [5.74, 6) is -0.332. The van der Waals surface area contributed by atoms with Gasteiger partial charge in [0.1, 0.15) is 0 Å². The predicted molar refractivity (Wildman–Crippen MR) is 76.8 cm³/mol. The Morgan fingerprint density at radius 3 is 2.90 bits per heavy atom. The highest BCUT2D eigenvalue weighted by Gasteiger charge is 2.38. The number of aromatic nitrogens is 1. The molecule has 108 valence electrons. The maximum atomic E-state index is 11.6. The SMILES string of the molecule is CNC(c1ccc2c(c1)oc(=O)n2C)C1(C)CCCO1. The molecule has 5 heteroatoms. The zero-order chi connectivity index (χ0) is 14.3. The van der Waals surface area contributed by atoms with Crippen molar-refractivity contribution in [2.24, 2.45) is 7.05 Å². The average molecular weight is 276 g/mol. The van der Waals surface area contributed by atoms with Crippen molar-refractivity contribution in [3.8, 4) is 0 Å². The molecule has 20 heavy (non-hydrogen) atoms. The van der Waals surface area contributed by atoms with Crippen LogP contribution >= 0.6 is 0 Å². The van der Waals surface area contributed by atoms with Gasteiger partial charge < -0.3 is 14.5 Å². The third-order valence-corrected chi connectivity index (χ3v) is 4.30. The molecule has 1 aliphatic rings. The molecule has 1 aromatic carbocycles. The first-order chi connectivity index (χ1) is 9.55. The number of nitrogens with one attached hydrogen (secondary N) is 1. The molecule has 1 fully saturated rings. The molecule has 2 atom stereocenters. The summed E-state index contributed by atoms with van der Waals surface area (Å²) in [5.41, 5.74) is 2.30. The number of ether oxygens (including phenoxy) is 1. The highest BCUT2D eigenvalue weighted by molar-refractivity contribution is 5.73. The van der Waals surface area contributed by atoms with E-state index in [0.29, 0.717) is 5.58 Å². The van der Waals surface area contributed by atoms with E-state index in [1.807, 2.05) is 25.2 Å². The van der Waals surface area contributed by atoms with Crippen LogP contribution in [0.4, 0.5) is 0 Å². The van der Waals surface area contributed by atoms with Crippen LogP contribution in [0.25, 0.3) is 11.1 Å². The third kappa shape index (κ3) is 1.98. The van der Waals surface area contributed by atoms with E-state index < -0.39 is 0 Å². The molecule has 3 rings (SSSR count). The Kier molecular flexibility index (Phi) is 3.18. The Bertz CT molecular complexity index is 680. The molecule has 2 unspecified atom stereocenters. The zero-order valence-electron chi connectivity index (χ0n) is 12.1. The van der Waals surface area contributed by atoms with Crippen molar-refractivity contribution in [2.75, 3.05) is 13.7 Å². The van der Waals surface area contributed by atoms with E-state index in [1.165, 1.54) is 4.57 Å². The average Bonchev–Trinajstić information content (AvgIpc) is 2.97. The molecule has 2 heterocycles. The fourth-order valence-electron chi connectivity index (χ4n) is 3.18. The fourth-order valence-corrected chi connectivity index (χ4v) is 3.18. The molecule has 0 bridgehead atoms. The molecule has 1 aliphatic heterocycles. The Labute approximate surface area is 117 Å². The van der Waals surface area contributed by atoms with Gasteiger partial charge in [0.05, 0.1) is 17.2 Å². The van der Waals surface area contributed by atoms with E-state index in [4.69, 9.17) is 9.15 Å². The van der Waals surface area contributed by atoms with Crippen LogP contribution in [0.3, 0.4) is 0 Å². The molecule has 0 aliphatic carbocycles. The minimum Gasteiger partial charge on any atom is -0.408 e. The van der Waals surface area contributed by atoms with Crippen molar-refractivity contribution >= 4 is 11.1 Å². The first-order valence-corrected chi connectivity index (χ1v) is 6.96. The minimum absolute atomic E-state index is 0.0832. The minimum atomic E-state index is -0.332. The lowest BCUT2D eigenvalue weighted by Crippen LogP contribution is -2.39. The highest BCUT2D eigenvalue weighted by Crippen LogP contribution is 2.37. The van der Waals surface area contributed by atoms with Gasteiger partial charge in [-0.1, -0.05) is 6.07 Å². The number of benzene rings is 1. The predicted octanol–water partition coefficient (Wildman–Crippen LogP) is 1.96. The fraction of sp³-hybridized carbons (Fsp3) is 0.533. The summed E-state index contributed by atoms with van der Waals surface area (Å²) < 4.78 is 12.7. The number of hydrogen-bond donors (Lipinski definition) is 1. The first kappa shape index (κ1) is 13.4. The van der Waals surface area contributed by atoms with Crippen molar-refractivity contribution in [1.82, 2.24) is 9.88 Å². The van der Waals surface area contributed by atoms with E-state index in [2.05, 4.69) is 12.2 Å². The lowest BCUT2D eigenvalue weighted by molar-refractivity contribution is -0.0104. The Morgan fingerprint density at radius 1 is 1.45 bits per heavy atom. The van der Waals surface area contributed by atoms with Crippen LogP contribution < -0.4 is 11.1 Å². The summed E-state index contributed by atoms with van der Waals surface area (Å²) in [6.45, 7) is 2.93. The monoisotopic (exact) mass is 276 g/mol. The summed E-state index contributed by atoms with van der Waals surface area (Å²) in [4.78, 5) is 11.6. The van der Waals surface area contributed by atoms with Crippen molar-refractivity contribution < 1.29 is 9.15 Å². The van der Waals surface area contributed by atoms with Crippen LogP contribution in [0.15, 0.2) is 27.4 Å².